The fourth-order valence-electron chi connectivity index (χ4n) is 4.88. The van der Waals surface area contributed by atoms with Gasteiger partial charge in [0.25, 0.3) is 10.9 Å². The zero-order valence-electron chi connectivity index (χ0n) is 21.7. The number of halogens is 1. The molecule has 2 aromatic carbocycles. The Hall–Kier alpha value is -4.15. The molecule has 1 aliphatic rings. The minimum Gasteiger partial charge on any atom is -0.476 e. The summed E-state index contributed by atoms with van der Waals surface area (Å²) in [6.07, 6.45) is 0.0669. The van der Waals surface area contributed by atoms with Crippen molar-refractivity contribution in [2.75, 3.05) is 15.5 Å². The molecule has 2 aromatic heterocycles. The minimum atomic E-state index is -1.29. The fourth-order valence-corrected chi connectivity index (χ4v) is 5.10. The van der Waals surface area contributed by atoms with Crippen molar-refractivity contribution in [3.63, 3.8) is 0 Å². The van der Waals surface area contributed by atoms with Crippen molar-refractivity contribution >= 4 is 40.3 Å². The number of furan rings is 1. The van der Waals surface area contributed by atoms with E-state index in [1.165, 1.54) is 11.1 Å². The lowest BCUT2D eigenvalue weighted by molar-refractivity contribution is 0.0690. The van der Waals surface area contributed by atoms with Crippen molar-refractivity contribution in [2.24, 2.45) is 5.41 Å². The van der Waals surface area contributed by atoms with Gasteiger partial charge in [-0.15, -0.1) is 0 Å². The second-order valence-electron chi connectivity index (χ2n) is 10.6. The smallest absolute Gasteiger partial charge is 0.356 e. The first kappa shape index (κ1) is 26.5. The normalized spacial score (nSPS) is 15.8. The van der Waals surface area contributed by atoms with Crippen LogP contribution in [-0.4, -0.2) is 21.2 Å². The van der Waals surface area contributed by atoms with Crippen LogP contribution >= 0.6 is 11.6 Å². The molecule has 1 aliphatic heterocycles. The number of aryl methyl sites for hydroxylation is 1. The third-order valence-electron chi connectivity index (χ3n) is 6.85. The molecule has 0 saturated heterocycles. The molecule has 0 fully saturated rings. The number of aliphatic hydroxyl groups excluding tert-OH is 1. The number of aromatic nitrogens is 1. The lowest BCUT2D eigenvalue weighted by Crippen LogP contribution is -2.39. The molecule has 1 unspecified atom stereocenters. The first-order valence-electron chi connectivity index (χ1n) is 12.3. The Morgan fingerprint density at radius 1 is 1.15 bits per heavy atom. The lowest BCUT2D eigenvalue weighted by atomic mass is 9.85. The molecule has 3 heterocycles. The highest BCUT2D eigenvalue weighted by Crippen LogP contribution is 2.45. The third kappa shape index (κ3) is 4.55. The summed E-state index contributed by atoms with van der Waals surface area (Å²) in [5.41, 5.74) is -0.274. The van der Waals surface area contributed by atoms with Crippen LogP contribution in [0.25, 0.3) is 0 Å². The zero-order valence-corrected chi connectivity index (χ0v) is 22.5. The zero-order chi connectivity index (χ0) is 28.2. The number of carbonyl (C=O) groups is 1. The van der Waals surface area contributed by atoms with E-state index in [2.05, 4.69) is 15.6 Å². The number of anilines is 4. The van der Waals surface area contributed by atoms with Gasteiger partial charge in [-0.1, -0.05) is 32.4 Å². The van der Waals surface area contributed by atoms with E-state index in [0.717, 1.165) is 5.76 Å². The second-order valence-corrected chi connectivity index (χ2v) is 11.0. The van der Waals surface area contributed by atoms with Crippen LogP contribution in [0.1, 0.15) is 66.2 Å². The molecule has 0 radical (unpaired) electrons. The van der Waals surface area contributed by atoms with Crippen LogP contribution in [0.5, 0.6) is 0 Å². The summed E-state index contributed by atoms with van der Waals surface area (Å²) in [5.74, 6) is 0.111. The van der Waals surface area contributed by atoms with E-state index in [-0.39, 0.29) is 34.7 Å². The van der Waals surface area contributed by atoms with Crippen LogP contribution < -0.4 is 26.4 Å². The topological polar surface area (TPSA) is 145 Å². The van der Waals surface area contributed by atoms with Crippen LogP contribution in [0.4, 0.5) is 22.7 Å². The molecule has 202 valence electrons. The average molecular weight is 551 g/mol. The van der Waals surface area contributed by atoms with E-state index < -0.39 is 29.1 Å². The van der Waals surface area contributed by atoms with Crippen molar-refractivity contribution in [3.05, 3.63) is 96.4 Å². The lowest BCUT2D eigenvalue weighted by Gasteiger charge is -2.32. The molecular weight excluding hydrogens is 524 g/mol. The summed E-state index contributed by atoms with van der Waals surface area (Å²) in [6.45, 7) is 7.90. The number of hydrogen-bond donors (Lipinski definition) is 4. The summed E-state index contributed by atoms with van der Waals surface area (Å²) in [6, 6.07) is 9.60. The molecule has 0 amide bonds. The second kappa shape index (κ2) is 9.55. The summed E-state index contributed by atoms with van der Waals surface area (Å²) in [5, 5.41) is 27.5. The number of carboxylic acid groups (broad SMARTS) is 1. The highest BCUT2D eigenvalue weighted by molar-refractivity contribution is 6.31. The van der Waals surface area contributed by atoms with Crippen LogP contribution in [0.2, 0.25) is 5.02 Å². The monoisotopic (exact) mass is 550 g/mol. The number of nitrogens with one attached hydrogen (secondary N) is 2. The summed E-state index contributed by atoms with van der Waals surface area (Å²) in [7, 11) is 0. The van der Waals surface area contributed by atoms with E-state index >= 15 is 0 Å². The number of pyridine rings is 1. The molecule has 4 N–H and O–H groups in total. The van der Waals surface area contributed by atoms with Gasteiger partial charge in [-0.05, 0) is 54.3 Å². The van der Waals surface area contributed by atoms with E-state index in [1.807, 2.05) is 39.8 Å². The van der Waals surface area contributed by atoms with Crippen molar-refractivity contribution in [1.29, 1.82) is 0 Å². The van der Waals surface area contributed by atoms with E-state index in [4.69, 9.17) is 16.0 Å². The van der Waals surface area contributed by atoms with E-state index in [1.54, 1.807) is 24.3 Å². The van der Waals surface area contributed by atoms with E-state index in [9.17, 15) is 24.6 Å². The number of aliphatic hydroxyl groups is 1. The maximum atomic E-state index is 12.7. The van der Waals surface area contributed by atoms with E-state index in [0.29, 0.717) is 27.6 Å². The van der Waals surface area contributed by atoms with Crippen molar-refractivity contribution in [2.45, 2.75) is 46.5 Å². The number of rotatable bonds is 7. The summed E-state index contributed by atoms with van der Waals surface area (Å²) in [4.78, 5) is 42.5. The van der Waals surface area contributed by atoms with Crippen LogP contribution in [-0.2, 0) is 6.54 Å². The Kier molecular flexibility index (Phi) is 6.48. The van der Waals surface area contributed by atoms with Crippen LogP contribution in [0, 0.1) is 12.3 Å². The van der Waals surface area contributed by atoms with Crippen molar-refractivity contribution in [3.8, 4) is 0 Å². The molecule has 4 aromatic rings. The standard InChI is InChI=1S/C28H27ClN4O6/c1-13-7-10-18(39-13)25(28(2,3)4)32-22-21(23(34)24(22)35)31-16-9-8-15(29)14-12-33(26(36)19(14)16)17-6-5-11-30-20(17)27(37)38/h5-11,25-26,31-32,36H,12H2,1-4H3,(H,37,38)/t25-,26?/m0/s1. The van der Waals surface area contributed by atoms with Gasteiger partial charge < -0.3 is 30.2 Å². The molecule has 0 bridgehead atoms. The van der Waals surface area contributed by atoms with Gasteiger partial charge in [-0.25, -0.2) is 9.78 Å². The Morgan fingerprint density at radius 3 is 2.51 bits per heavy atom. The number of benzene rings is 1. The average Bonchev–Trinajstić information content (AvgIpc) is 3.47. The Morgan fingerprint density at radius 2 is 1.87 bits per heavy atom. The summed E-state index contributed by atoms with van der Waals surface area (Å²) >= 11 is 6.46. The SMILES string of the molecule is Cc1ccc([C@H](Nc2c(Nc3ccc(Cl)c4c3C(O)N(c3cccnc3C(=O)O)C4)c(=O)c2=O)C(C)(C)C)o1. The van der Waals surface area contributed by atoms with Crippen LogP contribution in [0.15, 0.2) is 56.6 Å². The maximum absolute atomic E-state index is 12.7. The van der Waals surface area contributed by atoms with Gasteiger partial charge in [0.2, 0.25) is 0 Å². The van der Waals surface area contributed by atoms with Gasteiger partial charge in [0.05, 0.1) is 11.7 Å². The van der Waals surface area contributed by atoms with Crippen molar-refractivity contribution in [1.82, 2.24) is 4.98 Å². The predicted molar refractivity (Wildman–Crippen MR) is 148 cm³/mol. The van der Waals surface area contributed by atoms with Crippen molar-refractivity contribution < 1.29 is 19.4 Å². The number of hydrogen-bond acceptors (Lipinski definition) is 9. The quantitative estimate of drug-likeness (QED) is 0.235. The fraction of sp³-hybridized carbons (Fsp3) is 0.286. The van der Waals surface area contributed by atoms with Gasteiger partial charge >= 0.3 is 5.97 Å². The van der Waals surface area contributed by atoms with Gasteiger partial charge in [0, 0.05) is 29.0 Å². The van der Waals surface area contributed by atoms with Crippen LogP contribution in [0.3, 0.4) is 0 Å². The maximum Gasteiger partial charge on any atom is 0.356 e. The first-order chi connectivity index (χ1) is 18.4. The van der Waals surface area contributed by atoms with Gasteiger partial charge in [0.15, 0.2) is 11.9 Å². The molecule has 0 saturated carbocycles. The van der Waals surface area contributed by atoms with Gasteiger partial charge in [0.1, 0.15) is 22.9 Å². The summed E-state index contributed by atoms with van der Waals surface area (Å²) < 4.78 is 5.82. The third-order valence-corrected chi connectivity index (χ3v) is 7.20. The molecule has 0 aliphatic carbocycles. The highest BCUT2D eigenvalue weighted by Gasteiger charge is 2.37. The number of carboxylic acids is 1. The molecular formula is C28H27ClN4O6. The molecule has 5 rings (SSSR count). The molecule has 2 atom stereocenters. The molecule has 0 spiro atoms. The number of fused-ring (bicyclic) bond motifs is 1. The Balaban J connectivity index is 1.51. The Labute approximate surface area is 228 Å². The predicted octanol–water partition coefficient (Wildman–Crippen LogP) is 4.88. The Bertz CT molecular complexity index is 1660. The van der Waals surface area contributed by atoms with Gasteiger partial charge in [-0.3, -0.25) is 9.59 Å². The molecule has 10 nitrogen and oxygen atoms in total. The highest BCUT2D eigenvalue weighted by atomic mass is 35.5. The first-order valence-corrected chi connectivity index (χ1v) is 12.6. The molecule has 11 heteroatoms. The molecule has 39 heavy (non-hydrogen) atoms. The van der Waals surface area contributed by atoms with Gasteiger partial charge in [-0.2, -0.15) is 0 Å². The number of nitrogens with zero attached hydrogens (tertiary/aromatic N) is 2. The minimum absolute atomic E-state index is 0.0558. The largest absolute Gasteiger partial charge is 0.476 e. The number of aromatic carboxylic acids is 1.